The lowest BCUT2D eigenvalue weighted by Gasteiger charge is -2.02. The number of alkyl halides is 3. The molecule has 0 aliphatic rings. The molecule has 1 aromatic rings. The van der Waals surface area contributed by atoms with Crippen molar-refractivity contribution in [3.63, 3.8) is 0 Å². The monoisotopic (exact) mass is 179 g/mol. The van der Waals surface area contributed by atoms with Crippen LogP contribution in [0.3, 0.4) is 0 Å². The third-order valence-electron chi connectivity index (χ3n) is 0.858. The topological polar surface area (TPSA) is 12.9 Å². The Morgan fingerprint density at radius 2 is 2.00 bits per heavy atom. The van der Waals surface area contributed by atoms with Gasteiger partial charge in [0.05, 0.1) is 0 Å². The fourth-order valence-electron chi connectivity index (χ4n) is 0.526. The zero-order valence-corrected chi connectivity index (χ0v) is 6.12. The molecule has 0 fully saturated rings. The Balaban J connectivity index is 2.66. The molecular formula is C6H4F3NS. The zero-order chi connectivity index (χ0) is 8.32. The van der Waals surface area contributed by atoms with Gasteiger partial charge in [-0.1, -0.05) is 6.07 Å². The molecule has 0 atom stereocenters. The highest BCUT2D eigenvalue weighted by molar-refractivity contribution is 8.00. The van der Waals surface area contributed by atoms with Gasteiger partial charge < -0.3 is 0 Å². The summed E-state index contributed by atoms with van der Waals surface area (Å²) in [7, 11) is 0. The van der Waals surface area contributed by atoms with E-state index < -0.39 is 5.51 Å². The SMILES string of the molecule is FC(F)(F)Sc1ccccn1. The highest BCUT2D eigenvalue weighted by Crippen LogP contribution is 2.35. The zero-order valence-electron chi connectivity index (χ0n) is 5.30. The number of halogens is 3. The first kappa shape index (κ1) is 8.39. The van der Waals surface area contributed by atoms with E-state index in [4.69, 9.17) is 0 Å². The maximum absolute atomic E-state index is 11.7. The Labute approximate surface area is 65.6 Å². The maximum Gasteiger partial charge on any atom is 0.447 e. The Morgan fingerprint density at radius 3 is 2.45 bits per heavy atom. The quantitative estimate of drug-likeness (QED) is 0.615. The summed E-state index contributed by atoms with van der Waals surface area (Å²) in [5, 5.41) is -0.0278. The van der Waals surface area contributed by atoms with Gasteiger partial charge >= 0.3 is 5.51 Å². The molecule has 0 saturated heterocycles. The van der Waals surface area contributed by atoms with Crippen LogP contribution in [-0.2, 0) is 0 Å². The van der Waals surface area contributed by atoms with E-state index in [2.05, 4.69) is 4.98 Å². The molecule has 0 saturated carbocycles. The van der Waals surface area contributed by atoms with Crippen molar-refractivity contribution in [2.45, 2.75) is 10.5 Å². The van der Waals surface area contributed by atoms with E-state index in [0.29, 0.717) is 0 Å². The minimum atomic E-state index is -4.24. The molecule has 60 valence electrons. The van der Waals surface area contributed by atoms with Crippen molar-refractivity contribution in [3.8, 4) is 0 Å². The van der Waals surface area contributed by atoms with Crippen LogP contribution in [0.25, 0.3) is 0 Å². The van der Waals surface area contributed by atoms with Crippen molar-refractivity contribution in [2.24, 2.45) is 0 Å². The van der Waals surface area contributed by atoms with Crippen molar-refractivity contribution in [1.82, 2.24) is 4.98 Å². The van der Waals surface area contributed by atoms with Crippen LogP contribution in [0.4, 0.5) is 13.2 Å². The molecule has 0 bridgehead atoms. The van der Waals surface area contributed by atoms with Gasteiger partial charge in [0.15, 0.2) is 0 Å². The van der Waals surface area contributed by atoms with Crippen molar-refractivity contribution >= 4 is 11.8 Å². The van der Waals surface area contributed by atoms with Crippen LogP contribution < -0.4 is 0 Å². The predicted molar refractivity (Wildman–Crippen MR) is 36.1 cm³/mol. The van der Waals surface area contributed by atoms with Crippen LogP contribution in [0.1, 0.15) is 0 Å². The molecule has 0 N–H and O–H groups in total. The number of nitrogens with zero attached hydrogens (tertiary/aromatic N) is 1. The smallest absolute Gasteiger partial charge is 0.250 e. The molecule has 0 aromatic carbocycles. The molecule has 0 spiro atoms. The molecular weight excluding hydrogens is 175 g/mol. The first-order chi connectivity index (χ1) is 5.08. The third kappa shape index (κ3) is 3.27. The molecule has 0 unspecified atom stereocenters. The second kappa shape index (κ2) is 3.13. The Kier molecular flexibility index (Phi) is 2.38. The molecule has 0 aliphatic carbocycles. The maximum atomic E-state index is 11.7. The van der Waals surface area contributed by atoms with Crippen LogP contribution in [-0.4, -0.2) is 10.5 Å². The molecule has 1 heterocycles. The Morgan fingerprint density at radius 1 is 1.27 bits per heavy atom. The summed E-state index contributed by atoms with van der Waals surface area (Å²) in [6.07, 6.45) is 1.33. The van der Waals surface area contributed by atoms with Gasteiger partial charge in [-0.15, -0.1) is 0 Å². The first-order valence-corrected chi connectivity index (χ1v) is 3.56. The van der Waals surface area contributed by atoms with Gasteiger partial charge in [0, 0.05) is 18.0 Å². The van der Waals surface area contributed by atoms with E-state index in [1.54, 1.807) is 6.07 Å². The number of rotatable bonds is 1. The van der Waals surface area contributed by atoms with Gasteiger partial charge in [-0.2, -0.15) is 13.2 Å². The Hall–Kier alpha value is -0.710. The van der Waals surface area contributed by atoms with Crippen molar-refractivity contribution in [1.29, 1.82) is 0 Å². The average molecular weight is 179 g/mol. The van der Waals surface area contributed by atoms with Crippen LogP contribution in [0.5, 0.6) is 0 Å². The normalized spacial score (nSPS) is 11.5. The summed E-state index contributed by atoms with van der Waals surface area (Å²) in [5.41, 5.74) is -4.24. The summed E-state index contributed by atoms with van der Waals surface area (Å²) in [5.74, 6) is 0. The highest BCUT2D eigenvalue weighted by atomic mass is 32.2. The lowest BCUT2D eigenvalue weighted by Crippen LogP contribution is -1.99. The van der Waals surface area contributed by atoms with Crippen LogP contribution in [0.15, 0.2) is 29.4 Å². The van der Waals surface area contributed by atoms with Crippen molar-refractivity contribution in [2.75, 3.05) is 0 Å². The molecule has 1 aromatic heterocycles. The van der Waals surface area contributed by atoms with Gasteiger partial charge in [0.2, 0.25) is 0 Å². The fraction of sp³-hybridized carbons (Fsp3) is 0.167. The van der Waals surface area contributed by atoms with Crippen LogP contribution in [0, 0.1) is 0 Å². The average Bonchev–Trinajstić information content (AvgIpc) is 1.85. The highest BCUT2D eigenvalue weighted by Gasteiger charge is 2.29. The third-order valence-corrected chi connectivity index (χ3v) is 1.54. The number of pyridine rings is 1. The molecule has 11 heavy (non-hydrogen) atoms. The number of hydrogen-bond acceptors (Lipinski definition) is 2. The molecule has 5 heteroatoms. The lowest BCUT2D eigenvalue weighted by molar-refractivity contribution is -0.0329. The van der Waals surface area contributed by atoms with Crippen molar-refractivity contribution < 1.29 is 13.2 Å². The van der Waals surface area contributed by atoms with Crippen molar-refractivity contribution in [3.05, 3.63) is 24.4 Å². The van der Waals surface area contributed by atoms with Crippen LogP contribution in [0.2, 0.25) is 0 Å². The van der Waals surface area contributed by atoms with Crippen LogP contribution >= 0.6 is 11.8 Å². The molecule has 0 aliphatic heterocycles. The fourth-order valence-corrected chi connectivity index (χ4v) is 1.02. The largest absolute Gasteiger partial charge is 0.447 e. The summed E-state index contributed by atoms with van der Waals surface area (Å²) in [6, 6.07) is 4.40. The minimum absolute atomic E-state index is 0.0278. The summed E-state index contributed by atoms with van der Waals surface area (Å²) in [4.78, 5) is 3.51. The van der Waals surface area contributed by atoms with E-state index in [0.717, 1.165) is 0 Å². The van der Waals surface area contributed by atoms with Gasteiger partial charge in [-0.05, 0) is 12.1 Å². The number of thioether (sulfide) groups is 1. The molecule has 1 rings (SSSR count). The van der Waals surface area contributed by atoms with Gasteiger partial charge in [-0.25, -0.2) is 4.98 Å². The Bertz CT molecular complexity index is 221. The molecule has 1 nitrogen and oxygen atoms in total. The van der Waals surface area contributed by atoms with E-state index in [-0.39, 0.29) is 16.8 Å². The number of aromatic nitrogens is 1. The summed E-state index contributed by atoms with van der Waals surface area (Å²) >= 11 is -0.210. The van der Waals surface area contributed by atoms with Gasteiger partial charge in [-0.3, -0.25) is 0 Å². The summed E-state index contributed by atoms with van der Waals surface area (Å²) in [6.45, 7) is 0. The summed E-state index contributed by atoms with van der Waals surface area (Å²) < 4.78 is 35.0. The predicted octanol–water partition coefficient (Wildman–Crippen LogP) is 2.69. The standard InChI is InChI=1S/C6H4F3NS/c7-6(8,9)11-5-3-1-2-4-10-5/h1-4H. The van der Waals surface area contributed by atoms with Gasteiger partial charge in [0.1, 0.15) is 5.03 Å². The number of hydrogen-bond donors (Lipinski definition) is 0. The van der Waals surface area contributed by atoms with E-state index in [9.17, 15) is 13.2 Å². The van der Waals surface area contributed by atoms with E-state index in [1.807, 2.05) is 0 Å². The lowest BCUT2D eigenvalue weighted by atomic mass is 10.5. The minimum Gasteiger partial charge on any atom is -0.250 e. The van der Waals surface area contributed by atoms with Gasteiger partial charge in [0.25, 0.3) is 0 Å². The first-order valence-electron chi connectivity index (χ1n) is 2.75. The van der Waals surface area contributed by atoms with E-state index >= 15 is 0 Å². The molecule has 0 radical (unpaired) electrons. The molecule has 0 amide bonds. The van der Waals surface area contributed by atoms with E-state index in [1.165, 1.54) is 18.3 Å². The second-order valence-corrected chi connectivity index (χ2v) is 2.80. The second-order valence-electron chi connectivity index (χ2n) is 1.72.